The zero-order valence-corrected chi connectivity index (χ0v) is 8.51. The number of alkyl halides is 2. The first-order chi connectivity index (χ1) is 5.97. The van der Waals surface area contributed by atoms with E-state index in [1.165, 1.54) is 6.07 Å². The number of pyridine rings is 1. The summed E-state index contributed by atoms with van der Waals surface area (Å²) in [5.41, 5.74) is 0. The van der Waals surface area contributed by atoms with E-state index in [0.717, 1.165) is 6.92 Å². The molecular weight excluding hydrogens is 244 g/mol. The van der Waals surface area contributed by atoms with Crippen LogP contribution in [0.4, 0.5) is 8.78 Å². The third-order valence-electron chi connectivity index (χ3n) is 1.16. The first kappa shape index (κ1) is 10.4. The van der Waals surface area contributed by atoms with Crippen LogP contribution in [0.2, 0.25) is 0 Å². The van der Waals surface area contributed by atoms with Gasteiger partial charge in [0.05, 0.1) is 0 Å². The van der Waals surface area contributed by atoms with Crippen molar-refractivity contribution >= 4 is 15.9 Å². The standard InChI is InChI=1S/C8H8BrF2NO/c1-8(10,11)5-13-7-4-2-3-6(9)12-7/h2-4H,5H2,1H3. The minimum atomic E-state index is -2.83. The maximum Gasteiger partial charge on any atom is 0.278 e. The highest BCUT2D eigenvalue weighted by Gasteiger charge is 2.22. The van der Waals surface area contributed by atoms with E-state index in [0.29, 0.717) is 4.60 Å². The Balaban J connectivity index is 2.55. The van der Waals surface area contributed by atoms with Gasteiger partial charge in [0.1, 0.15) is 4.60 Å². The number of aromatic nitrogens is 1. The lowest BCUT2D eigenvalue weighted by atomic mass is 10.4. The fraction of sp³-hybridized carbons (Fsp3) is 0.375. The Hall–Kier alpha value is -0.710. The van der Waals surface area contributed by atoms with E-state index in [1.807, 2.05) is 0 Å². The van der Waals surface area contributed by atoms with Crippen LogP contribution in [0.5, 0.6) is 5.88 Å². The van der Waals surface area contributed by atoms with E-state index in [2.05, 4.69) is 20.9 Å². The van der Waals surface area contributed by atoms with E-state index >= 15 is 0 Å². The molecule has 0 atom stereocenters. The molecule has 0 radical (unpaired) electrons. The predicted molar refractivity (Wildman–Crippen MR) is 48.1 cm³/mol. The molecule has 72 valence electrons. The van der Waals surface area contributed by atoms with Gasteiger partial charge < -0.3 is 4.74 Å². The van der Waals surface area contributed by atoms with Gasteiger partial charge in [-0.1, -0.05) is 6.07 Å². The van der Waals surface area contributed by atoms with Crippen LogP contribution in [0.3, 0.4) is 0 Å². The minimum Gasteiger partial charge on any atom is -0.471 e. The Kier molecular flexibility index (Phi) is 3.19. The van der Waals surface area contributed by atoms with E-state index in [4.69, 9.17) is 4.74 Å². The van der Waals surface area contributed by atoms with Crippen molar-refractivity contribution in [1.29, 1.82) is 0 Å². The fourth-order valence-electron chi connectivity index (χ4n) is 0.671. The monoisotopic (exact) mass is 251 g/mol. The van der Waals surface area contributed by atoms with Crippen molar-refractivity contribution in [2.75, 3.05) is 6.61 Å². The Morgan fingerprint density at radius 3 is 2.77 bits per heavy atom. The average molecular weight is 252 g/mol. The summed E-state index contributed by atoms with van der Waals surface area (Å²) in [6.07, 6.45) is 0. The number of halogens is 3. The summed E-state index contributed by atoms with van der Waals surface area (Å²) in [4.78, 5) is 3.84. The summed E-state index contributed by atoms with van der Waals surface area (Å²) in [6.45, 7) is 0.140. The molecule has 1 aromatic rings. The predicted octanol–water partition coefficient (Wildman–Crippen LogP) is 2.88. The molecule has 0 unspecified atom stereocenters. The molecule has 0 aliphatic carbocycles. The van der Waals surface area contributed by atoms with Gasteiger partial charge in [-0.25, -0.2) is 13.8 Å². The van der Waals surface area contributed by atoms with Crippen LogP contribution in [0.25, 0.3) is 0 Å². The quantitative estimate of drug-likeness (QED) is 0.771. The molecule has 1 aromatic heterocycles. The van der Waals surface area contributed by atoms with E-state index in [-0.39, 0.29) is 5.88 Å². The molecule has 13 heavy (non-hydrogen) atoms. The van der Waals surface area contributed by atoms with Gasteiger partial charge in [-0.15, -0.1) is 0 Å². The summed E-state index contributed by atoms with van der Waals surface area (Å²) < 4.78 is 30.0. The fourth-order valence-corrected chi connectivity index (χ4v) is 0.998. The highest BCUT2D eigenvalue weighted by atomic mass is 79.9. The van der Waals surface area contributed by atoms with Gasteiger partial charge in [0, 0.05) is 13.0 Å². The molecule has 0 N–H and O–H groups in total. The van der Waals surface area contributed by atoms with Crippen molar-refractivity contribution in [1.82, 2.24) is 4.98 Å². The maximum atomic E-state index is 12.3. The molecule has 0 aliphatic rings. The van der Waals surface area contributed by atoms with Gasteiger partial charge in [-0.3, -0.25) is 0 Å². The molecule has 0 saturated heterocycles. The Morgan fingerprint density at radius 2 is 2.23 bits per heavy atom. The van der Waals surface area contributed by atoms with Gasteiger partial charge in [0.15, 0.2) is 6.61 Å². The molecular formula is C8H8BrF2NO. The third kappa shape index (κ3) is 4.17. The molecule has 0 saturated carbocycles. The van der Waals surface area contributed by atoms with Gasteiger partial charge in [-0.2, -0.15) is 0 Å². The first-order valence-corrected chi connectivity index (χ1v) is 4.40. The van der Waals surface area contributed by atoms with Crippen molar-refractivity contribution in [3.63, 3.8) is 0 Å². The Labute approximate surface area is 83.1 Å². The van der Waals surface area contributed by atoms with E-state index in [1.54, 1.807) is 12.1 Å². The molecule has 1 heterocycles. The third-order valence-corrected chi connectivity index (χ3v) is 1.60. The largest absolute Gasteiger partial charge is 0.471 e. The molecule has 0 fully saturated rings. The van der Waals surface area contributed by atoms with Crippen molar-refractivity contribution in [2.45, 2.75) is 12.8 Å². The van der Waals surface area contributed by atoms with Crippen LogP contribution in [0, 0.1) is 0 Å². The van der Waals surface area contributed by atoms with Crippen LogP contribution in [0.1, 0.15) is 6.92 Å². The second-order valence-electron chi connectivity index (χ2n) is 2.66. The lowest BCUT2D eigenvalue weighted by Gasteiger charge is -2.10. The van der Waals surface area contributed by atoms with E-state index in [9.17, 15) is 8.78 Å². The molecule has 0 amide bonds. The van der Waals surface area contributed by atoms with Crippen LogP contribution in [0.15, 0.2) is 22.8 Å². The molecule has 2 nitrogen and oxygen atoms in total. The molecule has 0 spiro atoms. The summed E-state index contributed by atoms with van der Waals surface area (Å²) in [5, 5.41) is 0. The second-order valence-corrected chi connectivity index (χ2v) is 3.47. The van der Waals surface area contributed by atoms with Gasteiger partial charge in [-0.05, 0) is 22.0 Å². The van der Waals surface area contributed by atoms with Gasteiger partial charge in [0.25, 0.3) is 5.92 Å². The first-order valence-electron chi connectivity index (χ1n) is 3.60. The minimum absolute atomic E-state index is 0.191. The van der Waals surface area contributed by atoms with Crippen molar-refractivity contribution in [3.05, 3.63) is 22.8 Å². The van der Waals surface area contributed by atoms with E-state index < -0.39 is 12.5 Å². The summed E-state index contributed by atoms with van der Waals surface area (Å²) >= 11 is 3.10. The van der Waals surface area contributed by atoms with Gasteiger partial charge >= 0.3 is 0 Å². The Bertz CT molecular complexity index is 288. The number of nitrogens with zero attached hydrogens (tertiary/aromatic N) is 1. The normalized spacial score (nSPS) is 11.4. The summed E-state index contributed by atoms with van der Waals surface area (Å²) in [5.74, 6) is -2.64. The van der Waals surface area contributed by atoms with Crippen molar-refractivity contribution in [2.24, 2.45) is 0 Å². The van der Waals surface area contributed by atoms with Crippen molar-refractivity contribution in [3.8, 4) is 5.88 Å². The summed E-state index contributed by atoms with van der Waals surface area (Å²) in [6, 6.07) is 4.88. The zero-order valence-electron chi connectivity index (χ0n) is 6.93. The molecule has 0 bridgehead atoms. The van der Waals surface area contributed by atoms with Crippen LogP contribution >= 0.6 is 15.9 Å². The number of rotatable bonds is 3. The smallest absolute Gasteiger partial charge is 0.278 e. The highest BCUT2D eigenvalue weighted by molar-refractivity contribution is 9.10. The highest BCUT2D eigenvalue weighted by Crippen LogP contribution is 2.16. The van der Waals surface area contributed by atoms with Crippen LogP contribution < -0.4 is 4.74 Å². The Morgan fingerprint density at radius 1 is 1.54 bits per heavy atom. The van der Waals surface area contributed by atoms with Crippen LogP contribution in [-0.2, 0) is 0 Å². The van der Waals surface area contributed by atoms with Crippen LogP contribution in [-0.4, -0.2) is 17.5 Å². The average Bonchev–Trinajstić information content (AvgIpc) is 2.00. The number of ether oxygens (including phenoxy) is 1. The molecule has 0 aromatic carbocycles. The lowest BCUT2D eigenvalue weighted by molar-refractivity contribution is -0.0242. The SMILES string of the molecule is CC(F)(F)COc1cccc(Br)n1. The number of hydrogen-bond acceptors (Lipinski definition) is 2. The lowest BCUT2D eigenvalue weighted by Crippen LogP contribution is -2.21. The molecule has 0 aliphatic heterocycles. The topological polar surface area (TPSA) is 22.1 Å². The summed E-state index contributed by atoms with van der Waals surface area (Å²) in [7, 11) is 0. The molecule has 1 rings (SSSR count). The zero-order chi connectivity index (χ0) is 9.90. The second kappa shape index (κ2) is 4.00. The van der Waals surface area contributed by atoms with Crippen molar-refractivity contribution < 1.29 is 13.5 Å². The molecule has 5 heteroatoms. The van der Waals surface area contributed by atoms with Gasteiger partial charge in [0.2, 0.25) is 5.88 Å². The maximum absolute atomic E-state index is 12.3. The number of hydrogen-bond donors (Lipinski definition) is 0.